The molecule has 210 valence electrons. The molecule has 3 heterocycles. The monoisotopic (exact) mass is 555 g/mol. The zero-order valence-corrected chi connectivity index (χ0v) is 22.8. The molecule has 13 heteroatoms. The zero-order chi connectivity index (χ0) is 28.4. The highest BCUT2D eigenvalue weighted by Gasteiger charge is 2.53. The fraction of sp³-hybridized carbons (Fsp3) is 0.286. The first-order valence-corrected chi connectivity index (χ1v) is 13.0. The number of anilines is 2. The maximum Gasteiger partial charge on any atom is 0.162 e. The van der Waals surface area contributed by atoms with Crippen LogP contribution in [0.15, 0.2) is 99.7 Å². The van der Waals surface area contributed by atoms with Gasteiger partial charge in [0, 0.05) is 0 Å². The van der Waals surface area contributed by atoms with E-state index in [1.165, 1.54) is 0 Å². The summed E-state index contributed by atoms with van der Waals surface area (Å²) in [6.45, 7) is 0.597. The third-order valence-electron chi connectivity index (χ3n) is 7.29. The van der Waals surface area contributed by atoms with Crippen molar-refractivity contribution in [1.29, 1.82) is 0 Å². The summed E-state index contributed by atoms with van der Waals surface area (Å²) in [4.78, 5) is 0. The average Bonchev–Trinajstić information content (AvgIpc) is 3.83. The Kier molecular flexibility index (Phi) is 6.93. The van der Waals surface area contributed by atoms with E-state index in [0.717, 1.165) is 34.3 Å². The Balaban J connectivity index is 1.31. The third-order valence-corrected chi connectivity index (χ3v) is 7.29. The maximum atomic E-state index is 12.5. The molecule has 3 aromatic carbocycles. The number of nitrogens with zero attached hydrogens (tertiary/aromatic N) is 9. The molecule has 2 unspecified atom stereocenters. The fourth-order valence-corrected chi connectivity index (χ4v) is 4.87. The van der Waals surface area contributed by atoms with Crippen LogP contribution in [0.4, 0.5) is 11.4 Å². The molecule has 0 saturated carbocycles. The molecule has 0 aliphatic carbocycles. The lowest BCUT2D eigenvalue weighted by atomic mass is 9.83. The van der Waals surface area contributed by atoms with Gasteiger partial charge < -0.3 is 19.3 Å². The fourth-order valence-electron chi connectivity index (χ4n) is 4.87. The van der Waals surface area contributed by atoms with Gasteiger partial charge in [-0.1, -0.05) is 15.7 Å². The molecule has 0 amide bonds. The van der Waals surface area contributed by atoms with Crippen LogP contribution < -0.4 is 24.2 Å². The number of hydrogen-bond donors (Lipinski definition) is 1. The lowest BCUT2D eigenvalue weighted by Gasteiger charge is -2.33. The van der Waals surface area contributed by atoms with E-state index < -0.39 is 17.7 Å². The smallest absolute Gasteiger partial charge is 0.162 e. The van der Waals surface area contributed by atoms with Crippen molar-refractivity contribution in [3.05, 3.63) is 84.7 Å². The highest BCUT2D eigenvalue weighted by molar-refractivity contribution is 5.51. The summed E-state index contributed by atoms with van der Waals surface area (Å²) in [5, 5.41) is 42.4. The standard InChI is InChI=1S/C28H29N9O4/c1-39-22-10-4-19(5-11-22)35-16-25(29-32-35)28(38,26-17-36(33-30-26)20-6-12-23(40-2)13-7-20)27-18-37(34-31-27)21-8-14-24(41-3)15-9-21/h4-16,26-27,38H,17-18H2,1-3H3. The van der Waals surface area contributed by atoms with Crippen LogP contribution in [-0.4, -0.2) is 66.6 Å². The summed E-state index contributed by atoms with van der Waals surface area (Å²) in [6, 6.07) is 20.9. The molecule has 1 N–H and O–H groups in total. The van der Waals surface area contributed by atoms with Gasteiger partial charge in [0.05, 0.1) is 57.7 Å². The molecule has 4 aromatic rings. The van der Waals surface area contributed by atoms with Crippen LogP contribution in [0.1, 0.15) is 5.69 Å². The van der Waals surface area contributed by atoms with Crippen molar-refractivity contribution >= 4 is 11.4 Å². The molecule has 0 bridgehead atoms. The highest BCUT2D eigenvalue weighted by atomic mass is 16.5. The molecule has 2 atom stereocenters. The number of aromatic nitrogens is 3. The summed E-state index contributed by atoms with van der Waals surface area (Å²) >= 11 is 0. The van der Waals surface area contributed by atoms with Gasteiger partial charge in [0.1, 0.15) is 35.0 Å². The van der Waals surface area contributed by atoms with Crippen molar-refractivity contribution in [3.63, 3.8) is 0 Å². The topological polar surface area (TPSA) is 135 Å². The van der Waals surface area contributed by atoms with Crippen molar-refractivity contribution in [3.8, 4) is 22.9 Å². The Morgan fingerprint density at radius 2 is 1.07 bits per heavy atom. The van der Waals surface area contributed by atoms with E-state index in [0.29, 0.717) is 18.8 Å². The van der Waals surface area contributed by atoms with Crippen molar-refractivity contribution < 1.29 is 19.3 Å². The molecule has 1 aromatic heterocycles. The van der Waals surface area contributed by atoms with Crippen LogP contribution >= 0.6 is 0 Å². The predicted molar refractivity (Wildman–Crippen MR) is 150 cm³/mol. The first-order valence-electron chi connectivity index (χ1n) is 13.0. The minimum atomic E-state index is -1.67. The lowest BCUT2D eigenvalue weighted by Crippen LogP contribution is -2.52. The predicted octanol–water partition coefficient (Wildman–Crippen LogP) is 3.99. The Labute approximate surface area is 236 Å². The van der Waals surface area contributed by atoms with Gasteiger partial charge >= 0.3 is 0 Å². The van der Waals surface area contributed by atoms with Gasteiger partial charge in [-0.15, -0.1) is 5.10 Å². The van der Waals surface area contributed by atoms with E-state index in [1.54, 1.807) is 42.2 Å². The van der Waals surface area contributed by atoms with Crippen LogP contribution in [0, 0.1) is 0 Å². The van der Waals surface area contributed by atoms with E-state index in [1.807, 2.05) is 72.8 Å². The van der Waals surface area contributed by atoms with Crippen molar-refractivity contribution in [1.82, 2.24) is 15.0 Å². The first-order chi connectivity index (χ1) is 20.0. The van der Waals surface area contributed by atoms with Crippen LogP contribution in [0.5, 0.6) is 17.2 Å². The Morgan fingerprint density at radius 1 is 0.659 bits per heavy atom. The first kappa shape index (κ1) is 26.2. The summed E-state index contributed by atoms with van der Waals surface area (Å²) in [7, 11) is 4.84. The van der Waals surface area contributed by atoms with Gasteiger partial charge in [-0.25, -0.2) is 14.7 Å². The van der Waals surface area contributed by atoms with Gasteiger partial charge in [0.15, 0.2) is 5.60 Å². The van der Waals surface area contributed by atoms with Crippen LogP contribution in [0.2, 0.25) is 0 Å². The van der Waals surface area contributed by atoms with E-state index in [2.05, 4.69) is 31.0 Å². The molecule has 2 aliphatic heterocycles. The highest BCUT2D eigenvalue weighted by Crippen LogP contribution is 2.39. The summed E-state index contributed by atoms with van der Waals surface area (Å²) < 4.78 is 17.4. The van der Waals surface area contributed by atoms with Crippen LogP contribution in [-0.2, 0) is 5.60 Å². The molecule has 6 rings (SSSR count). The van der Waals surface area contributed by atoms with Crippen molar-refractivity contribution in [2.75, 3.05) is 44.4 Å². The van der Waals surface area contributed by atoms with Gasteiger partial charge in [-0.05, 0) is 72.8 Å². The molecular formula is C28H29N9O4. The molecule has 0 fully saturated rings. The van der Waals surface area contributed by atoms with Gasteiger partial charge in [0.2, 0.25) is 0 Å². The quantitative estimate of drug-likeness (QED) is 0.328. The van der Waals surface area contributed by atoms with Gasteiger partial charge in [0.25, 0.3) is 0 Å². The Bertz CT molecular complexity index is 1470. The lowest BCUT2D eigenvalue weighted by molar-refractivity contribution is -0.00974. The minimum absolute atomic E-state index is 0.298. The second-order valence-corrected chi connectivity index (χ2v) is 9.57. The normalized spacial score (nSPS) is 19.4. The molecule has 0 radical (unpaired) electrons. The molecular weight excluding hydrogens is 526 g/mol. The van der Waals surface area contributed by atoms with Gasteiger partial charge in [-0.2, -0.15) is 10.2 Å². The Hall–Kier alpha value is -5.04. The average molecular weight is 556 g/mol. The van der Waals surface area contributed by atoms with E-state index in [9.17, 15) is 5.11 Å². The van der Waals surface area contributed by atoms with Crippen LogP contribution in [0.3, 0.4) is 0 Å². The maximum absolute atomic E-state index is 12.5. The Morgan fingerprint density at radius 3 is 1.49 bits per heavy atom. The number of rotatable bonds is 9. The molecule has 0 saturated heterocycles. The number of methoxy groups -OCH3 is 3. The van der Waals surface area contributed by atoms with E-state index in [-0.39, 0.29) is 0 Å². The number of benzene rings is 3. The SMILES string of the molecule is COc1ccc(N2CC(C(O)(c3cn(-c4ccc(OC)cc4)nn3)C3CN(c4ccc(OC)cc4)N=N3)N=N2)cc1. The number of aliphatic hydroxyl groups is 1. The molecule has 0 spiro atoms. The number of ether oxygens (including phenoxy) is 3. The molecule has 13 nitrogen and oxygen atoms in total. The second kappa shape index (κ2) is 10.8. The molecule has 41 heavy (non-hydrogen) atoms. The molecule has 2 aliphatic rings. The van der Waals surface area contributed by atoms with E-state index >= 15 is 0 Å². The minimum Gasteiger partial charge on any atom is -0.497 e. The second-order valence-electron chi connectivity index (χ2n) is 9.57. The van der Waals surface area contributed by atoms with E-state index in [4.69, 9.17) is 14.2 Å². The summed E-state index contributed by atoms with van der Waals surface area (Å²) in [5.74, 6) is 2.19. The summed E-state index contributed by atoms with van der Waals surface area (Å²) in [5.41, 5.74) is 1.03. The zero-order valence-electron chi connectivity index (χ0n) is 22.8. The van der Waals surface area contributed by atoms with Crippen molar-refractivity contribution in [2.45, 2.75) is 17.7 Å². The van der Waals surface area contributed by atoms with Crippen molar-refractivity contribution in [2.24, 2.45) is 20.7 Å². The van der Waals surface area contributed by atoms with Crippen LogP contribution in [0.25, 0.3) is 5.69 Å². The largest absolute Gasteiger partial charge is 0.497 e. The summed E-state index contributed by atoms with van der Waals surface area (Å²) in [6.07, 6.45) is 1.69. The third kappa shape index (κ3) is 4.91. The van der Waals surface area contributed by atoms with Gasteiger partial charge in [-0.3, -0.25) is 0 Å². The number of hydrogen-bond acceptors (Lipinski definition) is 12.